The number of aromatic nitrogens is 2. The highest BCUT2D eigenvalue weighted by Crippen LogP contribution is 2.39. The Balaban J connectivity index is 1.36. The van der Waals surface area contributed by atoms with Crippen LogP contribution in [0.5, 0.6) is 11.5 Å². The number of ether oxygens (including phenoxy) is 2. The predicted octanol–water partition coefficient (Wildman–Crippen LogP) is 11.0. The van der Waals surface area contributed by atoms with Crippen LogP contribution in [0, 0.1) is 0 Å². The lowest BCUT2D eigenvalue weighted by Crippen LogP contribution is -2.24. The van der Waals surface area contributed by atoms with Crippen molar-refractivity contribution in [3.8, 4) is 17.2 Å². The third-order valence-corrected chi connectivity index (χ3v) is 10.8. The van der Waals surface area contributed by atoms with Crippen LogP contribution in [-0.4, -0.2) is 34.2 Å². The number of nitrogens with zero attached hydrogens (tertiary/aromatic N) is 1. The van der Waals surface area contributed by atoms with Gasteiger partial charge in [-0.2, -0.15) is 0 Å². The van der Waals surface area contributed by atoms with Crippen molar-refractivity contribution in [1.82, 2.24) is 9.78 Å². The molecule has 1 aromatic heterocycles. The Bertz CT molecular complexity index is 2380. The second kappa shape index (κ2) is 18.1. The first kappa shape index (κ1) is 43.1. The Labute approximate surface area is 351 Å². The van der Waals surface area contributed by atoms with Crippen LogP contribution < -0.4 is 25.7 Å². The molecule has 1 heterocycles. The summed E-state index contributed by atoms with van der Waals surface area (Å²) in [5.74, 6) is -2.27. The minimum absolute atomic E-state index is 0.000265. The summed E-state index contributed by atoms with van der Waals surface area (Å²) in [6.07, 6.45) is 4.41. The number of aromatic amines is 1. The molecule has 3 N–H and O–H groups in total. The molecule has 0 aliphatic carbocycles. The van der Waals surface area contributed by atoms with Gasteiger partial charge in [-0.3, -0.25) is 19.5 Å². The van der Waals surface area contributed by atoms with Gasteiger partial charge in [0.25, 0.3) is 11.8 Å². The maximum absolute atomic E-state index is 13.7. The van der Waals surface area contributed by atoms with Gasteiger partial charge in [0.05, 0.1) is 10.0 Å². The lowest BCUT2D eigenvalue weighted by atomic mass is 9.76. The van der Waals surface area contributed by atoms with E-state index in [1.807, 2.05) is 12.1 Å². The van der Waals surface area contributed by atoms with E-state index in [0.717, 1.165) is 29.2 Å². The Morgan fingerprint density at radius 2 is 1.47 bits per heavy atom. The molecule has 0 unspecified atom stereocenters. The summed E-state index contributed by atoms with van der Waals surface area (Å²) in [4.78, 5) is 53.4. The Morgan fingerprint density at radius 1 is 0.807 bits per heavy atom. The molecule has 57 heavy (non-hydrogen) atoms. The van der Waals surface area contributed by atoms with Crippen molar-refractivity contribution in [2.45, 2.75) is 65.2 Å². The summed E-state index contributed by atoms with van der Waals surface area (Å²) in [7, 11) is 0. The van der Waals surface area contributed by atoms with Crippen LogP contribution in [0.1, 0.15) is 81.4 Å². The lowest BCUT2D eigenvalue weighted by molar-refractivity contribution is -0.129. The van der Waals surface area contributed by atoms with Crippen LogP contribution in [0.2, 0.25) is 20.1 Å². The van der Waals surface area contributed by atoms with Crippen LogP contribution in [0.4, 0.5) is 11.5 Å². The molecule has 0 bridgehead atoms. The normalized spacial score (nSPS) is 11.8. The topological polar surface area (TPSA) is 132 Å². The SMILES string of the molecule is CCC(C)(C)c1ccc(OCC(=O)Nc2cccc(C(=O)Nc3[nH]n(-c4c(Cl)cc(Cl)cc4Cl)c(=O)c3OC(=O)C=Cc3ccc(Cl)cc3)c2)c(C(C)(C)CC)c1. The third kappa shape index (κ3) is 10.5. The first-order valence-electron chi connectivity index (χ1n) is 18.1. The van der Waals surface area contributed by atoms with E-state index >= 15 is 0 Å². The van der Waals surface area contributed by atoms with Crippen LogP contribution >= 0.6 is 46.4 Å². The summed E-state index contributed by atoms with van der Waals surface area (Å²) in [6.45, 7) is 12.7. The Morgan fingerprint density at radius 3 is 2.12 bits per heavy atom. The van der Waals surface area contributed by atoms with Gasteiger partial charge >= 0.3 is 11.5 Å². The predicted molar refractivity (Wildman–Crippen MR) is 229 cm³/mol. The van der Waals surface area contributed by atoms with Crippen LogP contribution in [-0.2, 0) is 20.4 Å². The van der Waals surface area contributed by atoms with Crippen molar-refractivity contribution in [3.63, 3.8) is 0 Å². The molecule has 5 rings (SSSR count). The van der Waals surface area contributed by atoms with E-state index < -0.39 is 29.1 Å². The largest absolute Gasteiger partial charge is 0.483 e. The highest BCUT2D eigenvalue weighted by Gasteiger charge is 2.28. The number of rotatable bonds is 14. The molecule has 0 saturated carbocycles. The first-order chi connectivity index (χ1) is 26.9. The van der Waals surface area contributed by atoms with Gasteiger partial charge in [0.1, 0.15) is 11.4 Å². The molecule has 0 atom stereocenters. The molecule has 0 fully saturated rings. The minimum Gasteiger partial charge on any atom is -0.483 e. The standard InChI is InChI=1S/C43H42Cl4N4O6/c1-7-42(3,4)27-15-18-34(31(21-27)43(5,6)8-2)56-24-35(52)48-30-11-9-10-26(20-30)40(54)49-39-38(57-36(53)19-14-25-12-16-28(44)17-13-25)41(55)51(50-39)37-32(46)22-29(45)23-33(37)47/h9-23,50H,7-8,24H2,1-6H3,(H,48,52)(H,49,54). The van der Waals surface area contributed by atoms with Gasteiger partial charge in [-0.15, -0.1) is 0 Å². The number of carbonyl (C=O) groups excluding carboxylic acids is 3. The zero-order valence-electron chi connectivity index (χ0n) is 32.2. The molecule has 0 aliphatic heterocycles. The van der Waals surface area contributed by atoms with Crippen molar-refractivity contribution >= 4 is 81.8 Å². The van der Waals surface area contributed by atoms with E-state index in [4.69, 9.17) is 55.9 Å². The quantitative estimate of drug-likeness (QED) is 0.0753. The number of anilines is 2. The van der Waals surface area contributed by atoms with Crippen molar-refractivity contribution < 1.29 is 23.9 Å². The van der Waals surface area contributed by atoms with Gasteiger partial charge in [0.2, 0.25) is 5.75 Å². The van der Waals surface area contributed by atoms with E-state index in [0.29, 0.717) is 22.0 Å². The monoisotopic (exact) mass is 850 g/mol. The molecule has 2 amide bonds. The zero-order chi connectivity index (χ0) is 41.7. The fourth-order valence-corrected chi connectivity index (χ4v) is 6.76. The van der Waals surface area contributed by atoms with Crippen LogP contribution in [0.3, 0.4) is 0 Å². The van der Waals surface area contributed by atoms with Crippen LogP contribution in [0.25, 0.3) is 11.8 Å². The van der Waals surface area contributed by atoms with Gasteiger partial charge in [-0.05, 0) is 89.4 Å². The highest BCUT2D eigenvalue weighted by molar-refractivity contribution is 6.40. The molecule has 0 saturated heterocycles. The number of carbonyl (C=O) groups is 3. The molecule has 5 aromatic rings. The second-order valence-corrected chi connectivity index (χ2v) is 16.2. The average molecular weight is 853 g/mol. The number of hydrogen-bond acceptors (Lipinski definition) is 6. The van der Waals surface area contributed by atoms with Gasteiger partial charge in [0.15, 0.2) is 12.4 Å². The van der Waals surface area contributed by atoms with E-state index in [1.54, 1.807) is 36.4 Å². The lowest BCUT2D eigenvalue weighted by Gasteiger charge is -2.30. The molecule has 14 heteroatoms. The Hall–Kier alpha value is -5.00. The fraction of sp³-hybridized carbons (Fsp3) is 0.256. The van der Waals surface area contributed by atoms with Gasteiger partial charge in [0, 0.05) is 32.9 Å². The van der Waals surface area contributed by atoms with E-state index in [1.165, 1.54) is 35.9 Å². The summed E-state index contributed by atoms with van der Waals surface area (Å²) in [5.41, 5.74) is 2.17. The number of halogens is 4. The molecule has 0 spiro atoms. The Kier molecular flexibility index (Phi) is 13.7. The third-order valence-electron chi connectivity index (χ3n) is 9.80. The summed E-state index contributed by atoms with van der Waals surface area (Å²) in [6, 6.07) is 21.7. The number of esters is 1. The van der Waals surface area contributed by atoms with Crippen molar-refractivity contribution in [3.05, 3.63) is 138 Å². The van der Waals surface area contributed by atoms with E-state index in [-0.39, 0.29) is 49.6 Å². The van der Waals surface area contributed by atoms with Crippen molar-refractivity contribution in [2.75, 3.05) is 17.2 Å². The highest BCUT2D eigenvalue weighted by atomic mass is 35.5. The molecule has 0 aliphatic rings. The number of nitrogens with one attached hydrogen (secondary N) is 3. The second-order valence-electron chi connectivity index (χ2n) is 14.5. The van der Waals surface area contributed by atoms with Crippen molar-refractivity contribution in [2.24, 2.45) is 0 Å². The molecule has 0 radical (unpaired) electrons. The molecular formula is C43H42Cl4N4O6. The molecule has 10 nitrogen and oxygen atoms in total. The van der Waals surface area contributed by atoms with Crippen molar-refractivity contribution in [1.29, 1.82) is 0 Å². The van der Waals surface area contributed by atoms with Gasteiger partial charge in [-0.25, -0.2) is 9.48 Å². The maximum Gasteiger partial charge on any atom is 0.336 e. The van der Waals surface area contributed by atoms with Gasteiger partial charge < -0.3 is 20.1 Å². The molecular weight excluding hydrogens is 810 g/mol. The van der Waals surface area contributed by atoms with Gasteiger partial charge in [-0.1, -0.05) is 118 Å². The zero-order valence-corrected chi connectivity index (χ0v) is 35.2. The first-order valence-corrected chi connectivity index (χ1v) is 19.6. The average Bonchev–Trinajstić information content (AvgIpc) is 3.45. The number of amides is 2. The molecule has 4 aromatic carbocycles. The summed E-state index contributed by atoms with van der Waals surface area (Å²) < 4.78 is 12.5. The number of benzene rings is 4. The molecule has 298 valence electrons. The van der Waals surface area contributed by atoms with E-state index in [2.05, 4.69) is 63.3 Å². The number of hydrogen-bond donors (Lipinski definition) is 3. The van der Waals surface area contributed by atoms with Crippen LogP contribution in [0.15, 0.2) is 89.7 Å². The van der Waals surface area contributed by atoms with E-state index in [9.17, 15) is 19.2 Å². The number of H-pyrrole nitrogens is 1. The summed E-state index contributed by atoms with van der Waals surface area (Å²) >= 11 is 24.9. The smallest absolute Gasteiger partial charge is 0.336 e. The summed E-state index contributed by atoms with van der Waals surface area (Å²) in [5, 5.41) is 8.83. The minimum atomic E-state index is -0.921. The maximum atomic E-state index is 13.7. The fourth-order valence-electron chi connectivity index (χ4n) is 5.64.